The maximum Gasteiger partial charge on any atom is 0.191 e. The summed E-state index contributed by atoms with van der Waals surface area (Å²) in [5.41, 5.74) is 2.08. The van der Waals surface area contributed by atoms with Crippen LogP contribution >= 0.6 is 11.3 Å². The van der Waals surface area contributed by atoms with Crippen LogP contribution in [0.15, 0.2) is 35.5 Å². The molecule has 7 heteroatoms. The fourth-order valence-electron chi connectivity index (χ4n) is 2.40. The van der Waals surface area contributed by atoms with Crippen molar-refractivity contribution < 1.29 is 0 Å². The minimum absolute atomic E-state index is 0.689. The van der Waals surface area contributed by atoms with E-state index in [1.54, 1.807) is 18.4 Å². The Balaban J connectivity index is 1.47. The summed E-state index contributed by atoms with van der Waals surface area (Å²) in [6.07, 6.45) is 3.79. The van der Waals surface area contributed by atoms with Crippen molar-refractivity contribution in [2.24, 2.45) is 4.99 Å². The number of H-pyrrole nitrogens is 1. The van der Waals surface area contributed by atoms with Crippen molar-refractivity contribution >= 4 is 28.3 Å². The first kappa shape index (κ1) is 16.4. The minimum Gasteiger partial charge on any atom is -0.356 e. The SMILES string of the molecule is CCc1cnc(CNC(=NC)NCCc2nc3ccccc3[nH]2)s1. The van der Waals surface area contributed by atoms with E-state index in [0.29, 0.717) is 6.54 Å². The second-order valence-electron chi connectivity index (χ2n) is 5.38. The monoisotopic (exact) mass is 342 g/mol. The van der Waals surface area contributed by atoms with Crippen LogP contribution in [0.2, 0.25) is 0 Å². The number of thiazole rings is 1. The van der Waals surface area contributed by atoms with E-state index in [4.69, 9.17) is 0 Å². The number of imidazole rings is 1. The molecule has 3 rings (SSSR count). The summed E-state index contributed by atoms with van der Waals surface area (Å²) >= 11 is 1.74. The van der Waals surface area contributed by atoms with Gasteiger partial charge in [0, 0.05) is 31.1 Å². The molecule has 1 aromatic carbocycles. The van der Waals surface area contributed by atoms with Gasteiger partial charge in [0.15, 0.2) is 5.96 Å². The molecule has 0 saturated carbocycles. The highest BCUT2D eigenvalue weighted by molar-refractivity contribution is 7.11. The molecule has 24 heavy (non-hydrogen) atoms. The molecule has 126 valence electrons. The number of aromatic amines is 1. The number of nitrogens with zero attached hydrogens (tertiary/aromatic N) is 3. The number of hydrogen-bond donors (Lipinski definition) is 3. The van der Waals surface area contributed by atoms with E-state index in [0.717, 1.165) is 47.2 Å². The summed E-state index contributed by atoms with van der Waals surface area (Å²) in [5, 5.41) is 7.68. The average Bonchev–Trinajstić information content (AvgIpc) is 3.23. The van der Waals surface area contributed by atoms with Crippen LogP contribution < -0.4 is 10.6 Å². The second-order valence-corrected chi connectivity index (χ2v) is 6.58. The second kappa shape index (κ2) is 7.92. The Morgan fingerprint density at radius 1 is 1.29 bits per heavy atom. The van der Waals surface area contributed by atoms with E-state index in [9.17, 15) is 0 Å². The van der Waals surface area contributed by atoms with Crippen molar-refractivity contribution in [1.29, 1.82) is 0 Å². The molecule has 0 bridgehead atoms. The summed E-state index contributed by atoms with van der Waals surface area (Å²) in [6, 6.07) is 8.07. The molecule has 0 atom stereocenters. The number of aromatic nitrogens is 3. The van der Waals surface area contributed by atoms with Crippen LogP contribution in [0.1, 0.15) is 22.6 Å². The van der Waals surface area contributed by atoms with E-state index < -0.39 is 0 Å². The fourth-order valence-corrected chi connectivity index (χ4v) is 3.20. The van der Waals surface area contributed by atoms with Gasteiger partial charge in [-0.15, -0.1) is 11.3 Å². The molecular weight excluding hydrogens is 320 g/mol. The van der Waals surface area contributed by atoms with Crippen molar-refractivity contribution in [3.05, 3.63) is 46.2 Å². The topological polar surface area (TPSA) is 78.0 Å². The summed E-state index contributed by atoms with van der Waals surface area (Å²) in [6.45, 7) is 3.59. The smallest absolute Gasteiger partial charge is 0.191 e. The number of hydrogen-bond acceptors (Lipinski definition) is 4. The van der Waals surface area contributed by atoms with Gasteiger partial charge in [-0.05, 0) is 18.6 Å². The summed E-state index contributed by atoms with van der Waals surface area (Å²) in [7, 11) is 1.77. The van der Waals surface area contributed by atoms with Crippen molar-refractivity contribution in [2.45, 2.75) is 26.3 Å². The van der Waals surface area contributed by atoms with Gasteiger partial charge in [-0.3, -0.25) is 4.99 Å². The Labute approximate surface area is 145 Å². The predicted octanol–water partition coefficient (Wildman–Crippen LogP) is 2.49. The van der Waals surface area contributed by atoms with Gasteiger partial charge in [-0.1, -0.05) is 19.1 Å². The molecule has 0 aliphatic heterocycles. The first-order chi connectivity index (χ1) is 11.8. The first-order valence-electron chi connectivity index (χ1n) is 8.10. The van der Waals surface area contributed by atoms with Crippen LogP contribution in [0.3, 0.4) is 0 Å². The van der Waals surface area contributed by atoms with Gasteiger partial charge in [0.1, 0.15) is 10.8 Å². The van der Waals surface area contributed by atoms with Gasteiger partial charge >= 0.3 is 0 Å². The minimum atomic E-state index is 0.689. The molecule has 6 nitrogen and oxygen atoms in total. The molecule has 0 amide bonds. The number of nitrogens with one attached hydrogen (secondary N) is 3. The first-order valence-corrected chi connectivity index (χ1v) is 8.92. The van der Waals surface area contributed by atoms with Gasteiger partial charge in [-0.2, -0.15) is 0 Å². The molecule has 0 unspecified atom stereocenters. The summed E-state index contributed by atoms with van der Waals surface area (Å²) in [4.78, 5) is 17.9. The Bertz CT molecular complexity index is 786. The van der Waals surface area contributed by atoms with Crippen molar-refractivity contribution in [2.75, 3.05) is 13.6 Å². The van der Waals surface area contributed by atoms with Gasteiger partial charge in [0.2, 0.25) is 0 Å². The number of aliphatic imine (C=N–C) groups is 1. The Kier molecular flexibility index (Phi) is 5.43. The number of para-hydroxylation sites is 2. The van der Waals surface area contributed by atoms with E-state index >= 15 is 0 Å². The van der Waals surface area contributed by atoms with Crippen LogP contribution in [0.5, 0.6) is 0 Å². The molecule has 0 aliphatic carbocycles. The Hall–Kier alpha value is -2.41. The average molecular weight is 342 g/mol. The molecule has 0 spiro atoms. The van der Waals surface area contributed by atoms with Crippen LogP contribution in [-0.4, -0.2) is 34.5 Å². The van der Waals surface area contributed by atoms with Crippen LogP contribution in [0.25, 0.3) is 11.0 Å². The molecule has 0 radical (unpaired) electrons. The third-order valence-corrected chi connectivity index (χ3v) is 4.81. The molecule has 3 aromatic rings. The van der Waals surface area contributed by atoms with Gasteiger partial charge in [0.25, 0.3) is 0 Å². The van der Waals surface area contributed by atoms with Gasteiger partial charge < -0.3 is 15.6 Å². The van der Waals surface area contributed by atoms with Crippen LogP contribution in [-0.2, 0) is 19.4 Å². The number of aryl methyl sites for hydroxylation is 1. The third-order valence-electron chi connectivity index (χ3n) is 3.67. The molecule has 0 fully saturated rings. The van der Waals surface area contributed by atoms with E-state index in [1.807, 2.05) is 30.5 Å². The molecular formula is C17H22N6S. The maximum absolute atomic E-state index is 4.58. The van der Waals surface area contributed by atoms with Gasteiger partial charge in [-0.25, -0.2) is 9.97 Å². The normalized spacial score (nSPS) is 11.8. The lowest BCUT2D eigenvalue weighted by atomic mass is 10.3. The molecule has 0 aliphatic rings. The highest BCUT2D eigenvalue weighted by Crippen LogP contribution is 2.13. The zero-order valence-corrected chi connectivity index (χ0v) is 14.8. The molecule has 2 heterocycles. The highest BCUT2D eigenvalue weighted by Gasteiger charge is 2.04. The highest BCUT2D eigenvalue weighted by atomic mass is 32.1. The summed E-state index contributed by atoms with van der Waals surface area (Å²) < 4.78 is 0. The predicted molar refractivity (Wildman–Crippen MR) is 99.5 cm³/mol. The van der Waals surface area contributed by atoms with Crippen molar-refractivity contribution in [3.8, 4) is 0 Å². The van der Waals surface area contributed by atoms with Crippen LogP contribution in [0.4, 0.5) is 0 Å². The quantitative estimate of drug-likeness (QED) is 0.475. The van der Waals surface area contributed by atoms with Crippen LogP contribution in [0, 0.1) is 0 Å². The zero-order chi connectivity index (χ0) is 16.8. The van der Waals surface area contributed by atoms with E-state index in [2.05, 4.69) is 37.5 Å². The fraction of sp³-hybridized carbons (Fsp3) is 0.353. The number of fused-ring (bicyclic) bond motifs is 1. The lowest BCUT2D eigenvalue weighted by Gasteiger charge is -2.10. The standard InChI is InChI=1S/C17H22N6S/c1-3-12-10-20-16(24-12)11-21-17(18-2)19-9-8-15-22-13-6-4-5-7-14(13)23-15/h4-7,10H,3,8-9,11H2,1-2H3,(H,22,23)(H2,18,19,21). The van der Waals surface area contributed by atoms with Crippen molar-refractivity contribution in [3.63, 3.8) is 0 Å². The molecule has 3 N–H and O–H groups in total. The van der Waals surface area contributed by atoms with E-state index in [-0.39, 0.29) is 0 Å². The van der Waals surface area contributed by atoms with E-state index in [1.165, 1.54) is 4.88 Å². The third kappa shape index (κ3) is 4.11. The number of benzene rings is 1. The Morgan fingerprint density at radius 2 is 2.17 bits per heavy atom. The lowest BCUT2D eigenvalue weighted by Crippen LogP contribution is -2.37. The summed E-state index contributed by atoms with van der Waals surface area (Å²) in [5.74, 6) is 1.76. The zero-order valence-electron chi connectivity index (χ0n) is 14.0. The lowest BCUT2D eigenvalue weighted by molar-refractivity contribution is 0.775. The largest absolute Gasteiger partial charge is 0.356 e. The van der Waals surface area contributed by atoms with Gasteiger partial charge in [0.05, 0.1) is 17.6 Å². The molecule has 2 aromatic heterocycles. The molecule has 0 saturated heterocycles. The van der Waals surface area contributed by atoms with Crippen molar-refractivity contribution in [1.82, 2.24) is 25.6 Å². The maximum atomic E-state index is 4.58. The Morgan fingerprint density at radius 3 is 2.92 bits per heavy atom. The number of rotatable bonds is 6. The number of guanidine groups is 1.